The number of carbonyl (C=O) groups excluding carboxylic acids is 1. The molecule has 0 spiro atoms. The Labute approximate surface area is 186 Å². The zero-order valence-electron chi connectivity index (χ0n) is 17.4. The van der Waals surface area contributed by atoms with Crippen molar-refractivity contribution in [1.82, 2.24) is 4.98 Å². The Hall–Kier alpha value is -3.44. The predicted octanol–water partition coefficient (Wildman–Crippen LogP) is 6.45. The van der Waals surface area contributed by atoms with Gasteiger partial charge in [0.2, 0.25) is 0 Å². The van der Waals surface area contributed by atoms with Gasteiger partial charge in [0, 0.05) is 22.2 Å². The fourth-order valence-electron chi connectivity index (χ4n) is 3.23. The van der Waals surface area contributed by atoms with Crippen molar-refractivity contribution in [2.24, 2.45) is 0 Å². The summed E-state index contributed by atoms with van der Waals surface area (Å²) < 4.78 is 5.59. The second kappa shape index (κ2) is 10.0. The lowest BCUT2D eigenvalue weighted by atomic mass is 10.1. The number of hydrogen-bond acceptors (Lipinski definition) is 4. The number of aryl methyl sites for hydroxylation is 1. The molecule has 31 heavy (non-hydrogen) atoms. The van der Waals surface area contributed by atoms with Crippen LogP contribution in [0.15, 0.2) is 84.2 Å². The van der Waals surface area contributed by atoms with Crippen LogP contribution in [-0.4, -0.2) is 17.5 Å². The average molecular weight is 429 g/mol. The number of ether oxygens (including phenoxy) is 1. The number of nitrogens with zero attached hydrogens (tertiary/aromatic N) is 1. The Kier molecular flexibility index (Phi) is 6.75. The molecule has 156 valence electrons. The quantitative estimate of drug-likeness (QED) is 0.351. The highest BCUT2D eigenvalue weighted by atomic mass is 32.1. The van der Waals surface area contributed by atoms with E-state index in [1.807, 2.05) is 66.7 Å². The Morgan fingerprint density at radius 3 is 2.39 bits per heavy atom. The Morgan fingerprint density at radius 2 is 1.68 bits per heavy atom. The molecule has 1 N–H and O–H groups in total. The molecule has 4 aromatic rings. The zero-order chi connectivity index (χ0) is 21.5. The highest BCUT2D eigenvalue weighted by Gasteiger charge is 2.08. The first-order valence-corrected chi connectivity index (χ1v) is 11.2. The van der Waals surface area contributed by atoms with Gasteiger partial charge in [-0.3, -0.25) is 4.79 Å². The van der Waals surface area contributed by atoms with Gasteiger partial charge < -0.3 is 10.1 Å². The van der Waals surface area contributed by atoms with Crippen molar-refractivity contribution in [3.05, 3.63) is 89.8 Å². The molecular formula is C26H24N2O2S. The van der Waals surface area contributed by atoms with Crippen LogP contribution in [0.4, 0.5) is 5.69 Å². The average Bonchev–Trinajstić information content (AvgIpc) is 3.30. The van der Waals surface area contributed by atoms with Crippen LogP contribution < -0.4 is 10.1 Å². The molecule has 0 radical (unpaired) electrons. The minimum absolute atomic E-state index is 0.0264. The molecule has 0 saturated heterocycles. The zero-order valence-corrected chi connectivity index (χ0v) is 18.2. The Balaban J connectivity index is 1.32. The number of amides is 1. The lowest BCUT2D eigenvalue weighted by molar-refractivity contribution is -0.118. The van der Waals surface area contributed by atoms with Gasteiger partial charge >= 0.3 is 0 Å². The van der Waals surface area contributed by atoms with E-state index in [-0.39, 0.29) is 12.5 Å². The summed E-state index contributed by atoms with van der Waals surface area (Å²) in [5.41, 5.74) is 5.06. The van der Waals surface area contributed by atoms with Crippen LogP contribution in [0.25, 0.3) is 21.8 Å². The van der Waals surface area contributed by atoms with Crippen LogP contribution in [0, 0.1) is 0 Å². The fourth-order valence-corrected chi connectivity index (χ4v) is 4.07. The first-order chi connectivity index (χ1) is 15.2. The highest BCUT2D eigenvalue weighted by Crippen LogP contribution is 2.29. The number of hydrogen-bond donors (Lipinski definition) is 1. The van der Waals surface area contributed by atoms with Crippen LogP contribution >= 0.6 is 11.3 Å². The first-order valence-electron chi connectivity index (χ1n) is 10.3. The molecule has 1 amide bonds. The summed E-state index contributed by atoms with van der Waals surface area (Å²) in [5, 5.41) is 5.92. The molecule has 3 aromatic carbocycles. The molecule has 5 heteroatoms. The van der Waals surface area contributed by atoms with E-state index in [0.29, 0.717) is 5.75 Å². The van der Waals surface area contributed by atoms with Crippen molar-refractivity contribution >= 4 is 22.9 Å². The van der Waals surface area contributed by atoms with Crippen LogP contribution in [0.3, 0.4) is 0 Å². The summed E-state index contributed by atoms with van der Waals surface area (Å²) in [4.78, 5) is 17.0. The molecule has 0 fully saturated rings. The van der Waals surface area contributed by atoms with Crippen molar-refractivity contribution in [3.63, 3.8) is 0 Å². The number of anilines is 1. The smallest absolute Gasteiger partial charge is 0.262 e. The van der Waals surface area contributed by atoms with E-state index in [1.165, 1.54) is 5.56 Å². The van der Waals surface area contributed by atoms with E-state index in [9.17, 15) is 4.79 Å². The van der Waals surface area contributed by atoms with Gasteiger partial charge in [-0.15, -0.1) is 11.3 Å². The maximum atomic E-state index is 12.2. The molecule has 4 nitrogen and oxygen atoms in total. The predicted molar refractivity (Wildman–Crippen MR) is 128 cm³/mol. The molecule has 0 bridgehead atoms. The van der Waals surface area contributed by atoms with Gasteiger partial charge in [-0.05, 0) is 36.2 Å². The first kappa shape index (κ1) is 20.8. The summed E-state index contributed by atoms with van der Waals surface area (Å²) in [6.07, 6.45) is 2.16. The third kappa shape index (κ3) is 5.58. The van der Waals surface area contributed by atoms with Crippen LogP contribution in [0.2, 0.25) is 0 Å². The molecule has 0 aliphatic carbocycles. The van der Waals surface area contributed by atoms with Crippen LogP contribution in [0.1, 0.15) is 18.9 Å². The Morgan fingerprint density at radius 1 is 0.935 bits per heavy atom. The summed E-state index contributed by atoms with van der Waals surface area (Å²) >= 11 is 1.62. The third-order valence-electron chi connectivity index (χ3n) is 4.82. The third-order valence-corrected chi connectivity index (χ3v) is 5.71. The monoisotopic (exact) mass is 428 g/mol. The van der Waals surface area contributed by atoms with E-state index in [4.69, 9.17) is 9.72 Å². The van der Waals surface area contributed by atoms with Crippen molar-refractivity contribution < 1.29 is 9.53 Å². The topological polar surface area (TPSA) is 51.2 Å². The number of carbonyl (C=O) groups is 1. The summed E-state index contributed by atoms with van der Waals surface area (Å²) in [6.45, 7) is 2.13. The van der Waals surface area contributed by atoms with Gasteiger partial charge in [-0.1, -0.05) is 67.9 Å². The molecule has 1 aromatic heterocycles. The van der Waals surface area contributed by atoms with Crippen LogP contribution in [-0.2, 0) is 11.2 Å². The second-order valence-corrected chi connectivity index (χ2v) is 8.07. The lowest BCUT2D eigenvalue weighted by Crippen LogP contribution is -2.20. The van der Waals surface area contributed by atoms with Gasteiger partial charge in [0.15, 0.2) is 6.61 Å². The van der Waals surface area contributed by atoms with Crippen molar-refractivity contribution in [2.75, 3.05) is 11.9 Å². The summed E-state index contributed by atoms with van der Waals surface area (Å²) in [6, 6.07) is 25.7. The maximum Gasteiger partial charge on any atom is 0.262 e. The van der Waals surface area contributed by atoms with Crippen LogP contribution in [0.5, 0.6) is 5.75 Å². The molecule has 0 atom stereocenters. The van der Waals surface area contributed by atoms with E-state index < -0.39 is 0 Å². The van der Waals surface area contributed by atoms with E-state index in [0.717, 1.165) is 40.4 Å². The summed E-state index contributed by atoms with van der Waals surface area (Å²) in [7, 11) is 0. The number of nitrogens with one attached hydrogen (secondary N) is 1. The number of rotatable bonds is 8. The number of thiazole rings is 1. The largest absolute Gasteiger partial charge is 0.484 e. The molecule has 1 heterocycles. The number of aromatic nitrogens is 1. The van der Waals surface area contributed by atoms with Gasteiger partial charge in [0.25, 0.3) is 5.91 Å². The minimum Gasteiger partial charge on any atom is -0.484 e. The number of benzene rings is 3. The Bertz CT molecular complexity index is 1120. The SMILES string of the molecule is CCCc1ccc(OCC(=O)Nc2ccc(-c3csc(-c4ccccc4)n3)cc2)cc1. The van der Waals surface area contributed by atoms with E-state index in [2.05, 4.69) is 29.8 Å². The van der Waals surface area contributed by atoms with Gasteiger partial charge in [0.1, 0.15) is 10.8 Å². The molecule has 0 unspecified atom stereocenters. The molecule has 0 aliphatic rings. The lowest BCUT2D eigenvalue weighted by Gasteiger charge is -2.08. The second-order valence-electron chi connectivity index (χ2n) is 7.21. The standard InChI is InChI=1S/C26H24N2O2S/c1-2-6-19-9-15-23(16-10-19)30-17-25(29)27-22-13-11-20(12-14-22)24-18-31-26(28-24)21-7-4-3-5-8-21/h3-5,7-16,18H,2,6,17H2,1H3,(H,27,29). The fraction of sp³-hybridized carbons (Fsp3) is 0.154. The van der Waals surface area contributed by atoms with Gasteiger partial charge in [-0.25, -0.2) is 4.98 Å². The normalized spacial score (nSPS) is 10.6. The van der Waals surface area contributed by atoms with E-state index >= 15 is 0 Å². The molecule has 0 aliphatic heterocycles. The molecule has 0 saturated carbocycles. The summed E-state index contributed by atoms with van der Waals surface area (Å²) in [5.74, 6) is 0.508. The molecule has 4 rings (SSSR count). The maximum absolute atomic E-state index is 12.2. The highest BCUT2D eigenvalue weighted by molar-refractivity contribution is 7.13. The van der Waals surface area contributed by atoms with Crippen molar-refractivity contribution in [3.8, 4) is 27.6 Å². The van der Waals surface area contributed by atoms with Gasteiger partial charge in [0.05, 0.1) is 5.69 Å². The van der Waals surface area contributed by atoms with Gasteiger partial charge in [-0.2, -0.15) is 0 Å². The van der Waals surface area contributed by atoms with E-state index in [1.54, 1.807) is 11.3 Å². The molecular weight excluding hydrogens is 404 g/mol. The van der Waals surface area contributed by atoms with Crippen molar-refractivity contribution in [2.45, 2.75) is 19.8 Å². The van der Waals surface area contributed by atoms with Crippen molar-refractivity contribution in [1.29, 1.82) is 0 Å². The minimum atomic E-state index is -0.189.